The molecule has 0 saturated heterocycles. The Balaban J connectivity index is 1.67. The van der Waals surface area contributed by atoms with Gasteiger partial charge >= 0.3 is 0 Å². The lowest BCUT2D eigenvalue weighted by Crippen LogP contribution is -2.02. The van der Waals surface area contributed by atoms with Crippen LogP contribution in [-0.2, 0) is 12.8 Å². The molecule has 1 heteroatoms. The molecule has 0 N–H and O–H groups in total. The van der Waals surface area contributed by atoms with Crippen molar-refractivity contribution in [2.45, 2.75) is 52.4 Å². The Bertz CT molecular complexity index is 875. The van der Waals surface area contributed by atoms with E-state index in [1.54, 1.807) is 0 Å². The third-order valence-electron chi connectivity index (χ3n) is 5.38. The van der Waals surface area contributed by atoms with Crippen molar-refractivity contribution in [1.82, 2.24) is 0 Å². The lowest BCUT2D eigenvalue weighted by atomic mass is 9.90. The van der Waals surface area contributed by atoms with E-state index in [2.05, 4.69) is 94.4 Å². The minimum atomic E-state index is 0.439. The Morgan fingerprint density at radius 2 is 1.19 bits per heavy atom. The Kier molecular flexibility index (Phi) is 6.39. The molecule has 0 aliphatic carbocycles. The van der Waals surface area contributed by atoms with Gasteiger partial charge in [-0.3, -0.25) is 0 Å². The van der Waals surface area contributed by atoms with Gasteiger partial charge in [0.05, 0.1) is 5.02 Å². The number of halogens is 1. The standard InChI is InChI=1S/C26H28Cl/c1-18-5-10-23(11-6-18)20(3)15-22-9-14-25(26(27)17-22)16-21(4)24-12-7-19(2)8-13-24/h5-14,20-21H,15-16H2,1-4H3. The molecular weight excluding hydrogens is 348 g/mol. The highest BCUT2D eigenvalue weighted by molar-refractivity contribution is 6.31. The van der Waals surface area contributed by atoms with Crippen molar-refractivity contribution in [2.24, 2.45) is 0 Å². The summed E-state index contributed by atoms with van der Waals surface area (Å²) in [6.07, 6.45) is 1.89. The van der Waals surface area contributed by atoms with E-state index < -0.39 is 0 Å². The molecule has 0 fully saturated rings. The van der Waals surface area contributed by atoms with Gasteiger partial charge in [0.1, 0.15) is 0 Å². The Morgan fingerprint density at radius 1 is 0.704 bits per heavy atom. The SMILES string of the molecule is Cc1ccc(C(C)Cc2[c]c(Cl)c(CC(C)c3ccc(C)cc3)cc2)cc1. The summed E-state index contributed by atoms with van der Waals surface area (Å²) in [7, 11) is 0. The second-order valence-corrected chi connectivity index (χ2v) is 8.23. The minimum absolute atomic E-state index is 0.439. The van der Waals surface area contributed by atoms with Crippen LogP contribution in [0.25, 0.3) is 0 Å². The zero-order chi connectivity index (χ0) is 19.4. The second kappa shape index (κ2) is 8.76. The number of benzene rings is 3. The molecule has 0 aliphatic rings. The van der Waals surface area contributed by atoms with Gasteiger partial charge in [0, 0.05) is 6.07 Å². The molecule has 3 aromatic carbocycles. The van der Waals surface area contributed by atoms with Crippen LogP contribution < -0.4 is 0 Å². The Morgan fingerprint density at radius 3 is 1.67 bits per heavy atom. The first-order chi connectivity index (χ1) is 12.9. The molecule has 1 radical (unpaired) electrons. The average Bonchev–Trinajstić information content (AvgIpc) is 2.65. The molecule has 0 heterocycles. The zero-order valence-corrected chi connectivity index (χ0v) is 17.5. The predicted octanol–water partition coefficient (Wildman–Crippen LogP) is 7.45. The molecule has 0 spiro atoms. The second-order valence-electron chi connectivity index (χ2n) is 7.85. The van der Waals surface area contributed by atoms with Gasteiger partial charge in [-0.25, -0.2) is 0 Å². The van der Waals surface area contributed by atoms with Crippen molar-refractivity contribution in [2.75, 3.05) is 0 Å². The molecular formula is C26H28Cl. The molecule has 3 aromatic rings. The summed E-state index contributed by atoms with van der Waals surface area (Å²) in [6.45, 7) is 8.77. The van der Waals surface area contributed by atoms with Crippen LogP contribution in [0.4, 0.5) is 0 Å². The molecule has 0 aliphatic heterocycles. The first kappa shape index (κ1) is 19.7. The number of aryl methyl sites for hydroxylation is 2. The summed E-state index contributed by atoms with van der Waals surface area (Å²) in [5, 5.41) is 0.766. The fourth-order valence-corrected chi connectivity index (χ4v) is 3.76. The topological polar surface area (TPSA) is 0 Å². The molecule has 2 unspecified atom stereocenters. The first-order valence-corrected chi connectivity index (χ1v) is 10.1. The van der Waals surface area contributed by atoms with E-state index in [1.807, 2.05) is 0 Å². The molecule has 3 rings (SSSR count). The summed E-state index contributed by atoms with van der Waals surface area (Å²) in [5.41, 5.74) is 7.67. The van der Waals surface area contributed by atoms with E-state index in [-0.39, 0.29) is 0 Å². The zero-order valence-electron chi connectivity index (χ0n) is 16.7. The van der Waals surface area contributed by atoms with Gasteiger partial charge in [0.15, 0.2) is 0 Å². The monoisotopic (exact) mass is 375 g/mol. The number of hydrogen-bond donors (Lipinski definition) is 0. The Labute approximate surface area is 169 Å². The van der Waals surface area contributed by atoms with Crippen LogP contribution >= 0.6 is 11.6 Å². The lowest BCUT2D eigenvalue weighted by Gasteiger charge is -2.16. The van der Waals surface area contributed by atoms with Crippen molar-refractivity contribution < 1.29 is 0 Å². The first-order valence-electron chi connectivity index (χ1n) is 9.75. The van der Waals surface area contributed by atoms with E-state index in [0.717, 1.165) is 17.9 Å². The van der Waals surface area contributed by atoms with Crippen molar-refractivity contribution in [1.29, 1.82) is 0 Å². The van der Waals surface area contributed by atoms with Crippen molar-refractivity contribution in [3.8, 4) is 0 Å². The van der Waals surface area contributed by atoms with Gasteiger partial charge in [0.2, 0.25) is 0 Å². The van der Waals surface area contributed by atoms with Gasteiger partial charge in [-0.15, -0.1) is 0 Å². The number of hydrogen-bond acceptors (Lipinski definition) is 0. The molecule has 0 bridgehead atoms. The summed E-state index contributed by atoms with van der Waals surface area (Å²) in [5.74, 6) is 0.893. The lowest BCUT2D eigenvalue weighted by molar-refractivity contribution is 0.748. The summed E-state index contributed by atoms with van der Waals surface area (Å²) in [4.78, 5) is 0. The van der Waals surface area contributed by atoms with Crippen LogP contribution in [0, 0.1) is 19.9 Å². The van der Waals surface area contributed by atoms with E-state index >= 15 is 0 Å². The van der Waals surface area contributed by atoms with Crippen LogP contribution in [0.2, 0.25) is 5.02 Å². The van der Waals surface area contributed by atoms with Crippen molar-refractivity contribution >= 4 is 11.6 Å². The molecule has 0 aromatic heterocycles. The van der Waals surface area contributed by atoms with Crippen LogP contribution in [0.1, 0.15) is 59.1 Å². The fourth-order valence-electron chi connectivity index (χ4n) is 3.50. The molecule has 27 heavy (non-hydrogen) atoms. The third-order valence-corrected chi connectivity index (χ3v) is 5.72. The van der Waals surface area contributed by atoms with Crippen molar-refractivity contribution in [3.05, 3.63) is 105 Å². The maximum atomic E-state index is 6.58. The van der Waals surface area contributed by atoms with E-state index in [1.165, 1.54) is 33.4 Å². The molecule has 0 nitrogen and oxygen atoms in total. The van der Waals surface area contributed by atoms with Crippen molar-refractivity contribution in [3.63, 3.8) is 0 Å². The van der Waals surface area contributed by atoms with Gasteiger partial charge in [-0.2, -0.15) is 0 Å². The summed E-state index contributed by atoms with van der Waals surface area (Å²) >= 11 is 6.58. The van der Waals surface area contributed by atoms with Gasteiger partial charge in [-0.1, -0.05) is 97.2 Å². The fraction of sp³-hybridized carbons (Fsp3) is 0.308. The molecule has 0 amide bonds. The smallest absolute Gasteiger partial charge is 0.0520 e. The molecule has 0 saturated carbocycles. The highest BCUT2D eigenvalue weighted by Gasteiger charge is 2.12. The number of rotatable bonds is 6. The maximum Gasteiger partial charge on any atom is 0.0520 e. The molecule has 2 atom stereocenters. The average molecular weight is 376 g/mol. The van der Waals surface area contributed by atoms with Crippen LogP contribution in [-0.4, -0.2) is 0 Å². The maximum absolute atomic E-state index is 6.58. The third kappa shape index (κ3) is 5.23. The van der Waals surface area contributed by atoms with Gasteiger partial charge in [0.25, 0.3) is 0 Å². The minimum Gasteiger partial charge on any atom is -0.0833 e. The van der Waals surface area contributed by atoms with E-state index in [9.17, 15) is 0 Å². The van der Waals surface area contributed by atoms with Crippen LogP contribution in [0.15, 0.2) is 60.7 Å². The molecule has 139 valence electrons. The van der Waals surface area contributed by atoms with Gasteiger partial charge < -0.3 is 0 Å². The van der Waals surface area contributed by atoms with Crippen LogP contribution in [0.5, 0.6) is 0 Å². The summed E-state index contributed by atoms with van der Waals surface area (Å²) in [6, 6.07) is 25.4. The quantitative estimate of drug-likeness (QED) is 0.419. The largest absolute Gasteiger partial charge is 0.0833 e. The van der Waals surface area contributed by atoms with Gasteiger partial charge in [-0.05, 0) is 60.8 Å². The van der Waals surface area contributed by atoms with E-state index in [4.69, 9.17) is 11.6 Å². The predicted molar refractivity (Wildman–Crippen MR) is 117 cm³/mol. The summed E-state index contributed by atoms with van der Waals surface area (Å²) < 4.78 is 0. The highest BCUT2D eigenvalue weighted by atomic mass is 35.5. The highest BCUT2D eigenvalue weighted by Crippen LogP contribution is 2.28. The normalized spacial score (nSPS) is 13.4. The van der Waals surface area contributed by atoms with E-state index in [0.29, 0.717) is 11.8 Å². The van der Waals surface area contributed by atoms with Crippen LogP contribution in [0.3, 0.4) is 0 Å². The Hall–Kier alpha value is -2.05.